The highest BCUT2D eigenvalue weighted by molar-refractivity contribution is 9.10. The molecule has 0 fully saturated rings. The first-order valence-electron chi connectivity index (χ1n) is 8.25. The van der Waals surface area contributed by atoms with E-state index in [2.05, 4.69) is 21.2 Å². The van der Waals surface area contributed by atoms with E-state index in [4.69, 9.17) is 4.74 Å². The van der Waals surface area contributed by atoms with Gasteiger partial charge in [-0.1, -0.05) is 58.4 Å². The number of hydrogen-bond acceptors (Lipinski definition) is 3. The third-order valence-corrected chi connectivity index (χ3v) is 4.53. The molecule has 0 aromatic heterocycles. The summed E-state index contributed by atoms with van der Waals surface area (Å²) in [7, 11) is 0. The van der Waals surface area contributed by atoms with Crippen LogP contribution in [0.5, 0.6) is 0 Å². The SMILES string of the molecule is C[C@@H](OC(=O)Cc1cccc2ccccc12)C(=O)Nc1ccc(Br)cc1. The van der Waals surface area contributed by atoms with Crippen LogP contribution in [0.15, 0.2) is 71.2 Å². The van der Waals surface area contributed by atoms with Gasteiger partial charge in [-0.25, -0.2) is 0 Å². The zero-order valence-electron chi connectivity index (χ0n) is 14.2. The molecule has 0 saturated heterocycles. The third-order valence-electron chi connectivity index (χ3n) is 4.00. The molecule has 0 unspecified atom stereocenters. The van der Waals surface area contributed by atoms with Gasteiger partial charge in [0, 0.05) is 10.2 Å². The monoisotopic (exact) mass is 411 g/mol. The standard InChI is InChI=1S/C21H18BrNO3/c1-14(21(25)23-18-11-9-17(22)10-12-18)26-20(24)13-16-7-4-6-15-5-2-3-8-19(15)16/h2-12,14H,13H2,1H3,(H,23,25)/t14-/m1/s1. The number of anilines is 1. The van der Waals surface area contributed by atoms with Gasteiger partial charge in [0.2, 0.25) is 0 Å². The fraction of sp³-hybridized carbons (Fsp3) is 0.143. The second-order valence-corrected chi connectivity index (χ2v) is 6.86. The zero-order chi connectivity index (χ0) is 18.5. The first-order valence-corrected chi connectivity index (χ1v) is 9.05. The minimum absolute atomic E-state index is 0.122. The fourth-order valence-corrected chi connectivity index (χ4v) is 2.94. The number of halogens is 1. The molecule has 5 heteroatoms. The molecule has 132 valence electrons. The minimum Gasteiger partial charge on any atom is -0.452 e. The van der Waals surface area contributed by atoms with Crippen molar-refractivity contribution in [2.24, 2.45) is 0 Å². The van der Waals surface area contributed by atoms with Crippen LogP contribution in [-0.4, -0.2) is 18.0 Å². The van der Waals surface area contributed by atoms with Gasteiger partial charge in [0.1, 0.15) is 0 Å². The lowest BCUT2D eigenvalue weighted by Gasteiger charge is -2.14. The molecule has 1 N–H and O–H groups in total. The van der Waals surface area contributed by atoms with E-state index in [1.807, 2.05) is 54.6 Å². The van der Waals surface area contributed by atoms with Crippen LogP contribution in [0.25, 0.3) is 10.8 Å². The predicted octanol–water partition coefficient (Wildman–Crippen LogP) is 4.72. The fourth-order valence-electron chi connectivity index (χ4n) is 2.67. The van der Waals surface area contributed by atoms with E-state index in [9.17, 15) is 9.59 Å². The largest absolute Gasteiger partial charge is 0.452 e. The van der Waals surface area contributed by atoms with E-state index in [0.717, 1.165) is 20.8 Å². The Morgan fingerprint density at radius 3 is 2.46 bits per heavy atom. The zero-order valence-corrected chi connectivity index (χ0v) is 15.8. The van der Waals surface area contributed by atoms with E-state index >= 15 is 0 Å². The second kappa shape index (κ2) is 8.15. The highest BCUT2D eigenvalue weighted by atomic mass is 79.9. The lowest BCUT2D eigenvalue weighted by Crippen LogP contribution is -2.30. The molecule has 1 amide bonds. The van der Waals surface area contributed by atoms with Gasteiger partial charge in [0.15, 0.2) is 6.10 Å². The van der Waals surface area contributed by atoms with Crippen molar-refractivity contribution < 1.29 is 14.3 Å². The smallest absolute Gasteiger partial charge is 0.311 e. The van der Waals surface area contributed by atoms with E-state index < -0.39 is 12.1 Å². The number of rotatable bonds is 5. The number of fused-ring (bicyclic) bond motifs is 1. The minimum atomic E-state index is -0.874. The molecule has 0 aliphatic rings. The van der Waals surface area contributed by atoms with Crippen molar-refractivity contribution in [1.29, 1.82) is 0 Å². The van der Waals surface area contributed by atoms with Crippen LogP contribution in [0.2, 0.25) is 0 Å². The van der Waals surface area contributed by atoms with E-state index in [0.29, 0.717) is 5.69 Å². The Balaban J connectivity index is 1.61. The molecule has 4 nitrogen and oxygen atoms in total. The van der Waals surface area contributed by atoms with Gasteiger partial charge >= 0.3 is 5.97 Å². The van der Waals surface area contributed by atoms with Crippen molar-refractivity contribution in [2.45, 2.75) is 19.4 Å². The maximum atomic E-state index is 12.3. The molecule has 3 rings (SSSR count). The molecule has 26 heavy (non-hydrogen) atoms. The van der Waals surface area contributed by atoms with Crippen LogP contribution in [0.3, 0.4) is 0 Å². The van der Waals surface area contributed by atoms with Gasteiger partial charge in [0.25, 0.3) is 5.91 Å². The summed E-state index contributed by atoms with van der Waals surface area (Å²) in [5.41, 5.74) is 1.53. The number of carbonyl (C=O) groups is 2. The van der Waals surface area contributed by atoms with Crippen LogP contribution >= 0.6 is 15.9 Å². The lowest BCUT2D eigenvalue weighted by atomic mass is 10.0. The molecule has 0 bridgehead atoms. The summed E-state index contributed by atoms with van der Waals surface area (Å²) >= 11 is 3.34. The number of ether oxygens (including phenoxy) is 1. The van der Waals surface area contributed by atoms with Crippen molar-refractivity contribution in [3.63, 3.8) is 0 Å². The quantitative estimate of drug-likeness (QED) is 0.618. The maximum absolute atomic E-state index is 12.3. The summed E-state index contributed by atoms with van der Waals surface area (Å²) < 4.78 is 6.22. The molecule has 3 aromatic rings. The summed E-state index contributed by atoms with van der Waals surface area (Å²) in [6.45, 7) is 1.56. The molecule has 0 aliphatic carbocycles. The molecule has 0 saturated carbocycles. The molecule has 0 heterocycles. The summed E-state index contributed by atoms with van der Waals surface area (Å²) in [4.78, 5) is 24.5. The molecule has 0 radical (unpaired) electrons. The first kappa shape index (κ1) is 18.1. The van der Waals surface area contributed by atoms with E-state index in [-0.39, 0.29) is 12.3 Å². The normalized spacial score (nSPS) is 11.8. The van der Waals surface area contributed by atoms with Crippen LogP contribution in [0, 0.1) is 0 Å². The number of benzene rings is 3. The average molecular weight is 412 g/mol. The van der Waals surface area contributed by atoms with Crippen molar-refractivity contribution in [1.82, 2.24) is 0 Å². The van der Waals surface area contributed by atoms with Crippen molar-refractivity contribution in [3.05, 3.63) is 76.8 Å². The van der Waals surface area contributed by atoms with Gasteiger partial charge in [-0.05, 0) is 47.5 Å². The van der Waals surface area contributed by atoms with Crippen molar-refractivity contribution in [2.75, 3.05) is 5.32 Å². The molecule has 0 spiro atoms. The Bertz CT molecular complexity index is 932. The second-order valence-electron chi connectivity index (χ2n) is 5.94. The Morgan fingerprint density at radius 2 is 1.69 bits per heavy atom. The Morgan fingerprint density at radius 1 is 1.00 bits per heavy atom. The van der Waals surface area contributed by atoms with Crippen LogP contribution in [0.1, 0.15) is 12.5 Å². The number of amides is 1. The first-order chi connectivity index (χ1) is 12.5. The van der Waals surface area contributed by atoms with Crippen molar-refractivity contribution >= 4 is 44.3 Å². The highest BCUT2D eigenvalue weighted by Crippen LogP contribution is 2.19. The number of carbonyl (C=O) groups excluding carboxylic acids is 2. The van der Waals surface area contributed by atoms with E-state index in [1.54, 1.807) is 19.1 Å². The third kappa shape index (κ3) is 4.49. The molecule has 0 aliphatic heterocycles. The van der Waals surface area contributed by atoms with Gasteiger partial charge < -0.3 is 10.1 Å². The Kier molecular flexibility index (Phi) is 5.68. The van der Waals surface area contributed by atoms with Gasteiger partial charge in [-0.15, -0.1) is 0 Å². The van der Waals surface area contributed by atoms with Gasteiger partial charge in [-0.2, -0.15) is 0 Å². The number of nitrogens with one attached hydrogen (secondary N) is 1. The average Bonchev–Trinajstić information content (AvgIpc) is 2.64. The van der Waals surface area contributed by atoms with Crippen molar-refractivity contribution in [3.8, 4) is 0 Å². The maximum Gasteiger partial charge on any atom is 0.311 e. The predicted molar refractivity (Wildman–Crippen MR) is 106 cm³/mol. The summed E-state index contributed by atoms with van der Waals surface area (Å²) in [6.07, 6.45) is -0.752. The number of esters is 1. The van der Waals surface area contributed by atoms with E-state index in [1.165, 1.54) is 0 Å². The van der Waals surface area contributed by atoms with Crippen LogP contribution in [0.4, 0.5) is 5.69 Å². The van der Waals surface area contributed by atoms with Crippen LogP contribution in [-0.2, 0) is 20.7 Å². The molecular formula is C21H18BrNO3. The molecule has 3 aromatic carbocycles. The summed E-state index contributed by atoms with van der Waals surface area (Å²) in [5.74, 6) is -0.793. The summed E-state index contributed by atoms with van der Waals surface area (Å²) in [5, 5.41) is 4.81. The Labute approximate surface area is 160 Å². The molecule has 1 atom stereocenters. The number of hydrogen-bond donors (Lipinski definition) is 1. The van der Waals surface area contributed by atoms with Crippen LogP contribution < -0.4 is 5.32 Å². The summed E-state index contributed by atoms with van der Waals surface area (Å²) in [6, 6.07) is 20.9. The lowest BCUT2D eigenvalue weighted by molar-refractivity contribution is -0.152. The van der Waals surface area contributed by atoms with Gasteiger partial charge in [-0.3, -0.25) is 9.59 Å². The highest BCUT2D eigenvalue weighted by Gasteiger charge is 2.18. The van der Waals surface area contributed by atoms with Gasteiger partial charge in [0.05, 0.1) is 6.42 Å². The topological polar surface area (TPSA) is 55.4 Å². The molecular weight excluding hydrogens is 394 g/mol. The Hall–Kier alpha value is -2.66.